The predicted molar refractivity (Wildman–Crippen MR) is 103 cm³/mol. The molecule has 0 aliphatic carbocycles. The number of likely N-dealkylation sites (tertiary alicyclic amines) is 1. The van der Waals surface area contributed by atoms with E-state index in [2.05, 4.69) is 22.2 Å². The third-order valence-corrected chi connectivity index (χ3v) is 5.24. The first-order valence-corrected chi connectivity index (χ1v) is 9.42. The average Bonchev–Trinajstić information content (AvgIpc) is 2.66. The van der Waals surface area contributed by atoms with Crippen LogP contribution in [0.15, 0.2) is 36.5 Å². The lowest BCUT2D eigenvalue weighted by Crippen LogP contribution is -2.41. The molecule has 5 nitrogen and oxygen atoms in total. The Labute approximate surface area is 155 Å². The van der Waals surface area contributed by atoms with Gasteiger partial charge in [-0.2, -0.15) is 0 Å². The van der Waals surface area contributed by atoms with Crippen molar-refractivity contribution in [2.45, 2.75) is 39.7 Å². The quantitative estimate of drug-likeness (QED) is 0.897. The molecule has 138 valence electrons. The number of piperidine rings is 1. The summed E-state index contributed by atoms with van der Waals surface area (Å²) in [6.07, 6.45) is 4.01. The van der Waals surface area contributed by atoms with Crippen LogP contribution in [-0.2, 0) is 0 Å². The van der Waals surface area contributed by atoms with Crippen LogP contribution in [0.4, 0.5) is 0 Å². The Morgan fingerprint density at radius 1 is 1.23 bits per heavy atom. The number of aryl methyl sites for hydroxylation is 2. The molecule has 3 rings (SSSR count). The van der Waals surface area contributed by atoms with Crippen LogP contribution in [0, 0.1) is 19.8 Å². The first-order chi connectivity index (χ1) is 12.5. The molecule has 1 aromatic heterocycles. The van der Waals surface area contributed by atoms with E-state index < -0.39 is 0 Å². The molecule has 1 fully saturated rings. The molecular weight excluding hydrogens is 324 g/mol. The van der Waals surface area contributed by atoms with E-state index in [4.69, 9.17) is 0 Å². The van der Waals surface area contributed by atoms with Crippen LogP contribution in [0.3, 0.4) is 0 Å². The second-order valence-corrected chi connectivity index (χ2v) is 7.19. The molecule has 1 saturated heterocycles. The third-order valence-electron chi connectivity index (χ3n) is 5.24. The Morgan fingerprint density at radius 3 is 2.58 bits per heavy atom. The number of nitrogens with one attached hydrogen (secondary N) is 1. The van der Waals surface area contributed by atoms with Crippen LogP contribution in [0.25, 0.3) is 0 Å². The summed E-state index contributed by atoms with van der Waals surface area (Å²) in [5, 5.41) is 3.62. The van der Waals surface area contributed by atoms with Crippen molar-refractivity contribution in [1.29, 1.82) is 0 Å². The molecule has 1 aromatic carbocycles. The zero-order valence-corrected chi connectivity index (χ0v) is 15.9. The summed E-state index contributed by atoms with van der Waals surface area (Å²) in [5.41, 5.74) is 2.99. The molecule has 1 unspecified atom stereocenters. The monoisotopic (exact) mass is 352 g/mol. The fourth-order valence-corrected chi connectivity index (χ4v) is 3.57. The molecule has 0 saturated carbocycles. The molecule has 2 heterocycles. The van der Waals surface area contributed by atoms with E-state index in [1.54, 1.807) is 0 Å². The van der Waals surface area contributed by atoms with E-state index in [-0.39, 0.29) is 11.9 Å². The van der Waals surface area contributed by atoms with Gasteiger partial charge in [0.25, 0.3) is 5.91 Å². The molecule has 1 amide bonds. The van der Waals surface area contributed by atoms with Crippen molar-refractivity contribution in [2.75, 3.05) is 19.6 Å². The molecule has 5 heteroatoms. The fraction of sp³-hybridized carbons (Fsp3) is 0.476. The Morgan fingerprint density at radius 2 is 1.92 bits per heavy atom. The standard InChI is InChI=1S/C21H28N4O/c1-15(20-14-23-17(3)24-16(20)2)22-13-18-9-11-25(12-10-18)21(26)19-7-5-4-6-8-19/h4-8,14-15,18,22H,9-13H2,1-3H3. The SMILES string of the molecule is Cc1ncc(C(C)NCC2CCN(C(=O)c3ccccc3)CC2)c(C)n1. The van der Waals surface area contributed by atoms with Crippen LogP contribution in [0.5, 0.6) is 0 Å². The van der Waals surface area contributed by atoms with Gasteiger partial charge < -0.3 is 10.2 Å². The van der Waals surface area contributed by atoms with Crippen LogP contribution >= 0.6 is 0 Å². The molecule has 1 N–H and O–H groups in total. The van der Waals surface area contributed by atoms with Gasteiger partial charge in [0.1, 0.15) is 5.82 Å². The van der Waals surface area contributed by atoms with Crippen molar-refractivity contribution in [3.8, 4) is 0 Å². The van der Waals surface area contributed by atoms with Crippen molar-refractivity contribution in [3.63, 3.8) is 0 Å². The smallest absolute Gasteiger partial charge is 0.253 e. The Balaban J connectivity index is 1.47. The number of amides is 1. The van der Waals surface area contributed by atoms with E-state index in [9.17, 15) is 4.79 Å². The van der Waals surface area contributed by atoms with Gasteiger partial charge in [0.05, 0.1) is 0 Å². The van der Waals surface area contributed by atoms with Crippen molar-refractivity contribution >= 4 is 5.91 Å². The highest BCUT2D eigenvalue weighted by atomic mass is 16.2. The summed E-state index contributed by atoms with van der Waals surface area (Å²) in [4.78, 5) is 23.3. The molecule has 0 spiro atoms. The summed E-state index contributed by atoms with van der Waals surface area (Å²) < 4.78 is 0. The van der Waals surface area contributed by atoms with Crippen molar-refractivity contribution in [3.05, 3.63) is 59.2 Å². The molecular formula is C21H28N4O. The van der Waals surface area contributed by atoms with E-state index in [1.807, 2.05) is 55.3 Å². The Kier molecular flexibility index (Phi) is 5.99. The highest BCUT2D eigenvalue weighted by Crippen LogP contribution is 2.20. The second-order valence-electron chi connectivity index (χ2n) is 7.19. The first-order valence-electron chi connectivity index (χ1n) is 9.42. The van der Waals surface area contributed by atoms with Crippen LogP contribution in [-0.4, -0.2) is 40.4 Å². The van der Waals surface area contributed by atoms with Crippen molar-refractivity contribution in [1.82, 2.24) is 20.2 Å². The topological polar surface area (TPSA) is 58.1 Å². The largest absolute Gasteiger partial charge is 0.339 e. The van der Waals surface area contributed by atoms with Gasteiger partial charge in [-0.25, -0.2) is 9.97 Å². The maximum absolute atomic E-state index is 12.5. The van der Waals surface area contributed by atoms with Gasteiger partial charge in [-0.3, -0.25) is 4.79 Å². The van der Waals surface area contributed by atoms with Crippen LogP contribution in [0.2, 0.25) is 0 Å². The Hall–Kier alpha value is -2.27. The molecule has 0 bridgehead atoms. The van der Waals surface area contributed by atoms with Gasteiger partial charge >= 0.3 is 0 Å². The molecule has 1 atom stereocenters. The number of hydrogen-bond acceptors (Lipinski definition) is 4. The summed E-state index contributed by atoms with van der Waals surface area (Å²) in [6.45, 7) is 8.74. The molecule has 1 aliphatic heterocycles. The maximum Gasteiger partial charge on any atom is 0.253 e. The van der Waals surface area contributed by atoms with Gasteiger partial charge in [0.2, 0.25) is 0 Å². The molecule has 0 radical (unpaired) electrons. The number of carbonyl (C=O) groups excluding carboxylic acids is 1. The molecule has 1 aliphatic rings. The Bertz CT molecular complexity index is 739. The zero-order valence-electron chi connectivity index (χ0n) is 15.9. The van der Waals surface area contributed by atoms with Gasteiger partial charge in [0.15, 0.2) is 0 Å². The second kappa shape index (κ2) is 8.41. The number of nitrogens with zero attached hydrogens (tertiary/aromatic N) is 3. The third kappa shape index (κ3) is 4.47. The van der Waals surface area contributed by atoms with E-state index in [1.165, 1.54) is 0 Å². The first kappa shape index (κ1) is 18.5. The summed E-state index contributed by atoms with van der Waals surface area (Å²) >= 11 is 0. The summed E-state index contributed by atoms with van der Waals surface area (Å²) in [7, 11) is 0. The number of carbonyl (C=O) groups is 1. The predicted octanol–water partition coefficient (Wildman–Crippen LogP) is 3.30. The minimum Gasteiger partial charge on any atom is -0.339 e. The summed E-state index contributed by atoms with van der Waals surface area (Å²) in [6, 6.07) is 9.80. The lowest BCUT2D eigenvalue weighted by Gasteiger charge is -2.33. The number of rotatable bonds is 5. The van der Waals surface area contributed by atoms with Gasteiger partial charge in [-0.15, -0.1) is 0 Å². The van der Waals surface area contributed by atoms with Gasteiger partial charge in [0, 0.05) is 42.1 Å². The zero-order chi connectivity index (χ0) is 18.5. The van der Waals surface area contributed by atoms with E-state index in [0.717, 1.165) is 55.1 Å². The molecule has 26 heavy (non-hydrogen) atoms. The normalized spacial score (nSPS) is 16.5. The lowest BCUT2D eigenvalue weighted by molar-refractivity contribution is 0.0689. The highest BCUT2D eigenvalue weighted by Gasteiger charge is 2.24. The van der Waals surface area contributed by atoms with E-state index >= 15 is 0 Å². The summed E-state index contributed by atoms with van der Waals surface area (Å²) in [5.74, 6) is 1.57. The van der Waals surface area contributed by atoms with Crippen molar-refractivity contribution < 1.29 is 4.79 Å². The minimum atomic E-state index is 0.151. The van der Waals surface area contributed by atoms with Gasteiger partial charge in [-0.05, 0) is 58.2 Å². The highest BCUT2D eigenvalue weighted by molar-refractivity contribution is 5.94. The number of hydrogen-bond donors (Lipinski definition) is 1. The lowest BCUT2D eigenvalue weighted by atomic mass is 9.95. The molecule has 2 aromatic rings. The minimum absolute atomic E-state index is 0.151. The number of benzene rings is 1. The maximum atomic E-state index is 12.5. The number of aromatic nitrogens is 2. The van der Waals surface area contributed by atoms with Crippen molar-refractivity contribution in [2.24, 2.45) is 5.92 Å². The van der Waals surface area contributed by atoms with Crippen LogP contribution < -0.4 is 5.32 Å². The fourth-order valence-electron chi connectivity index (χ4n) is 3.57. The van der Waals surface area contributed by atoms with Gasteiger partial charge in [-0.1, -0.05) is 18.2 Å². The van der Waals surface area contributed by atoms with E-state index in [0.29, 0.717) is 5.92 Å². The van der Waals surface area contributed by atoms with Crippen LogP contribution in [0.1, 0.15) is 53.2 Å². The average molecular weight is 352 g/mol.